The van der Waals surface area contributed by atoms with Gasteiger partial charge in [0, 0.05) is 0 Å². The Labute approximate surface area is 151 Å². The molecule has 3 fully saturated rings. The number of rotatable bonds is 4. The summed E-state index contributed by atoms with van der Waals surface area (Å²) in [7, 11) is 0. The van der Waals surface area contributed by atoms with Crippen LogP contribution in [-0.4, -0.2) is 41.0 Å². The number of nitrogens with zero attached hydrogens (tertiary/aromatic N) is 1. The molecular weight excluding hydrogens is 336 g/mol. The van der Waals surface area contributed by atoms with E-state index in [0.29, 0.717) is 5.75 Å². The lowest BCUT2D eigenvalue weighted by Gasteiger charge is -2.21. The molecule has 2 bridgehead atoms. The van der Waals surface area contributed by atoms with Gasteiger partial charge in [-0.15, -0.1) is 0 Å². The minimum atomic E-state index is -0.842. The van der Waals surface area contributed by atoms with Crippen LogP contribution in [-0.2, 0) is 19.1 Å². The molecule has 0 radical (unpaired) electrons. The fraction of sp³-hybridized carbons (Fsp3) is 0.526. The van der Waals surface area contributed by atoms with Gasteiger partial charge < -0.3 is 9.47 Å². The molecule has 1 aromatic rings. The first-order chi connectivity index (χ1) is 12.3. The van der Waals surface area contributed by atoms with Gasteiger partial charge in [0.05, 0.1) is 24.0 Å². The van der Waals surface area contributed by atoms with E-state index >= 15 is 0 Å². The molecule has 7 nitrogen and oxygen atoms in total. The van der Waals surface area contributed by atoms with E-state index in [2.05, 4.69) is 5.43 Å². The van der Waals surface area contributed by atoms with E-state index in [9.17, 15) is 14.4 Å². The predicted octanol–water partition coefficient (Wildman–Crippen LogP) is 1.26. The van der Waals surface area contributed by atoms with Crippen LogP contribution in [0.2, 0.25) is 0 Å². The smallest absolute Gasteiger partial charge is 0.279 e. The molecule has 3 heterocycles. The predicted molar refractivity (Wildman–Crippen MR) is 90.9 cm³/mol. The van der Waals surface area contributed by atoms with Crippen molar-refractivity contribution in [3.8, 4) is 5.75 Å². The fourth-order valence-electron chi connectivity index (χ4n) is 4.28. The van der Waals surface area contributed by atoms with Crippen molar-refractivity contribution in [1.82, 2.24) is 10.4 Å². The Balaban J connectivity index is 1.43. The Morgan fingerprint density at radius 2 is 1.65 bits per heavy atom. The Morgan fingerprint density at radius 1 is 1.12 bits per heavy atom. The number of hydrazine groups is 1. The van der Waals surface area contributed by atoms with Crippen molar-refractivity contribution in [2.45, 2.75) is 51.9 Å². The zero-order chi connectivity index (χ0) is 18.6. The highest BCUT2D eigenvalue weighted by atomic mass is 16.5. The van der Waals surface area contributed by atoms with Gasteiger partial charge in [0.1, 0.15) is 5.75 Å². The number of amides is 3. The van der Waals surface area contributed by atoms with Gasteiger partial charge in [0.2, 0.25) is 0 Å². The molecule has 26 heavy (non-hydrogen) atoms. The van der Waals surface area contributed by atoms with Crippen LogP contribution in [0.1, 0.15) is 30.9 Å². The third-order valence-electron chi connectivity index (χ3n) is 5.38. The molecule has 4 rings (SSSR count). The van der Waals surface area contributed by atoms with E-state index in [1.165, 1.54) is 0 Å². The summed E-state index contributed by atoms with van der Waals surface area (Å²) in [4.78, 5) is 37.6. The maximum absolute atomic E-state index is 12.6. The number of aryl methyl sites for hydroxylation is 2. The van der Waals surface area contributed by atoms with Gasteiger partial charge in [-0.3, -0.25) is 19.8 Å². The topological polar surface area (TPSA) is 84.9 Å². The van der Waals surface area contributed by atoms with E-state index in [1.807, 2.05) is 32.0 Å². The third kappa shape index (κ3) is 2.67. The lowest BCUT2D eigenvalue weighted by Crippen LogP contribution is -2.51. The summed E-state index contributed by atoms with van der Waals surface area (Å²) in [6, 6.07) is 5.68. The van der Waals surface area contributed by atoms with Crippen LogP contribution in [0.3, 0.4) is 0 Å². The van der Waals surface area contributed by atoms with Gasteiger partial charge in [0.15, 0.2) is 6.10 Å². The highest BCUT2D eigenvalue weighted by Gasteiger charge is 2.63. The molecular formula is C19H22N2O5. The largest absolute Gasteiger partial charge is 0.481 e. The van der Waals surface area contributed by atoms with Gasteiger partial charge in [-0.2, -0.15) is 5.01 Å². The van der Waals surface area contributed by atoms with Gasteiger partial charge in [0.25, 0.3) is 17.7 Å². The standard InChI is InChI=1S/C19H22N2O5/c1-9-6-10(2)8-12(7-9)25-11(3)17(22)20-21-18(23)15-13-4-5-14(26-13)16(15)19(21)24/h6-8,11,13-16H,4-5H2,1-3H3,(H,20,22)/t11-,13-,14+,15-,16-/m0/s1. The van der Waals surface area contributed by atoms with E-state index in [-0.39, 0.29) is 24.0 Å². The van der Waals surface area contributed by atoms with Crippen LogP contribution in [0.4, 0.5) is 0 Å². The molecule has 138 valence electrons. The normalized spacial score (nSPS) is 30.5. The number of fused-ring (bicyclic) bond motifs is 5. The van der Waals surface area contributed by atoms with Gasteiger partial charge in [-0.25, -0.2) is 0 Å². The summed E-state index contributed by atoms with van der Waals surface area (Å²) in [6.45, 7) is 5.48. The molecule has 0 unspecified atom stereocenters. The second kappa shape index (κ2) is 6.09. The number of benzene rings is 1. The number of imide groups is 1. The van der Waals surface area contributed by atoms with Crippen LogP contribution in [0.15, 0.2) is 18.2 Å². The SMILES string of the molecule is Cc1cc(C)cc(O[C@@H](C)C(=O)NN2C(=O)[C@@H]3[C@@H](C2=O)[C@H]2CC[C@@H]3O2)c1. The molecule has 3 saturated heterocycles. The van der Waals surface area contributed by atoms with Crippen LogP contribution in [0.5, 0.6) is 5.75 Å². The summed E-state index contributed by atoms with van der Waals surface area (Å²) >= 11 is 0. The summed E-state index contributed by atoms with van der Waals surface area (Å²) in [5.74, 6) is -1.63. The highest BCUT2D eigenvalue weighted by molar-refractivity contribution is 6.07. The van der Waals surface area contributed by atoms with Crippen molar-refractivity contribution in [3.05, 3.63) is 29.3 Å². The molecule has 0 saturated carbocycles. The van der Waals surface area contributed by atoms with Gasteiger partial charge >= 0.3 is 0 Å². The summed E-state index contributed by atoms with van der Waals surface area (Å²) < 4.78 is 11.4. The van der Waals surface area contributed by atoms with Crippen LogP contribution < -0.4 is 10.2 Å². The molecule has 5 atom stereocenters. The first kappa shape index (κ1) is 17.0. The monoisotopic (exact) mass is 358 g/mol. The van der Waals surface area contributed by atoms with E-state index < -0.39 is 23.8 Å². The number of ether oxygens (including phenoxy) is 2. The van der Waals surface area contributed by atoms with Crippen molar-refractivity contribution in [2.75, 3.05) is 0 Å². The van der Waals surface area contributed by atoms with E-state index in [1.54, 1.807) is 6.92 Å². The van der Waals surface area contributed by atoms with Crippen LogP contribution >= 0.6 is 0 Å². The summed E-state index contributed by atoms with van der Waals surface area (Å²) in [5, 5.41) is 0.868. The molecule has 3 aliphatic rings. The average Bonchev–Trinajstić information content (AvgIpc) is 3.23. The molecule has 7 heteroatoms. The Kier molecular flexibility index (Phi) is 3.99. The van der Waals surface area contributed by atoms with Crippen molar-refractivity contribution in [1.29, 1.82) is 0 Å². The van der Waals surface area contributed by atoms with E-state index in [4.69, 9.17) is 9.47 Å². The van der Waals surface area contributed by atoms with Crippen LogP contribution in [0, 0.1) is 25.7 Å². The minimum absolute atomic E-state index is 0.202. The van der Waals surface area contributed by atoms with Crippen molar-refractivity contribution in [3.63, 3.8) is 0 Å². The molecule has 3 aliphatic heterocycles. The molecule has 0 aromatic heterocycles. The lowest BCUT2D eigenvalue weighted by molar-refractivity contribution is -0.153. The van der Waals surface area contributed by atoms with Gasteiger partial charge in [-0.05, 0) is 56.9 Å². The maximum atomic E-state index is 12.6. The average molecular weight is 358 g/mol. The van der Waals surface area contributed by atoms with E-state index in [0.717, 1.165) is 29.0 Å². The number of nitrogens with one attached hydrogen (secondary N) is 1. The van der Waals surface area contributed by atoms with Crippen molar-refractivity contribution in [2.24, 2.45) is 11.8 Å². The maximum Gasteiger partial charge on any atom is 0.279 e. The minimum Gasteiger partial charge on any atom is -0.481 e. The second-order valence-corrected chi connectivity index (χ2v) is 7.41. The second-order valence-electron chi connectivity index (χ2n) is 7.41. The van der Waals surface area contributed by atoms with Gasteiger partial charge in [-0.1, -0.05) is 6.07 Å². The molecule has 0 spiro atoms. The number of hydrogen-bond acceptors (Lipinski definition) is 5. The fourth-order valence-corrected chi connectivity index (χ4v) is 4.28. The Bertz CT molecular complexity index is 744. The summed E-state index contributed by atoms with van der Waals surface area (Å²) in [6.07, 6.45) is 0.336. The quantitative estimate of drug-likeness (QED) is 0.819. The number of carbonyl (C=O) groups excluding carboxylic acids is 3. The Morgan fingerprint density at radius 3 is 2.19 bits per heavy atom. The number of carbonyl (C=O) groups is 3. The third-order valence-corrected chi connectivity index (χ3v) is 5.38. The molecule has 1 aromatic carbocycles. The molecule has 1 N–H and O–H groups in total. The zero-order valence-corrected chi connectivity index (χ0v) is 15.0. The molecule has 3 amide bonds. The van der Waals surface area contributed by atoms with Crippen molar-refractivity contribution < 1.29 is 23.9 Å². The Hall–Kier alpha value is -2.41. The molecule has 0 aliphatic carbocycles. The highest BCUT2D eigenvalue weighted by Crippen LogP contribution is 2.48. The zero-order valence-electron chi connectivity index (χ0n) is 15.0. The first-order valence-electron chi connectivity index (χ1n) is 8.94. The van der Waals surface area contributed by atoms with Crippen molar-refractivity contribution >= 4 is 17.7 Å². The number of hydrogen-bond donors (Lipinski definition) is 1. The lowest BCUT2D eigenvalue weighted by atomic mass is 9.81. The van der Waals surface area contributed by atoms with Crippen LogP contribution in [0.25, 0.3) is 0 Å². The first-order valence-corrected chi connectivity index (χ1v) is 8.94. The summed E-state index contributed by atoms with van der Waals surface area (Å²) in [5.41, 5.74) is 4.50.